The first kappa shape index (κ1) is 15.1. The van der Waals surface area contributed by atoms with Gasteiger partial charge in [-0.05, 0) is 36.6 Å². The Hall–Kier alpha value is -1.78. The van der Waals surface area contributed by atoms with E-state index in [9.17, 15) is 13.9 Å². The van der Waals surface area contributed by atoms with E-state index in [1.807, 2.05) is 18.2 Å². The van der Waals surface area contributed by atoms with Crippen LogP contribution in [0, 0.1) is 11.6 Å². The fraction of sp³-hybridized carbons (Fsp3) is 0.333. The Kier molecular flexibility index (Phi) is 4.50. The highest BCUT2D eigenvalue weighted by atomic mass is 19.1. The van der Waals surface area contributed by atoms with Crippen LogP contribution in [-0.2, 0) is 0 Å². The minimum absolute atomic E-state index is 0.231. The Bertz CT molecular complexity index is 612. The number of halogens is 2. The number of aliphatic hydroxyl groups is 1. The fourth-order valence-electron chi connectivity index (χ4n) is 3.16. The molecule has 0 aromatic heterocycles. The Morgan fingerprint density at radius 3 is 2.41 bits per heavy atom. The first-order valence-electron chi connectivity index (χ1n) is 7.54. The molecule has 1 aliphatic rings. The van der Waals surface area contributed by atoms with Crippen molar-refractivity contribution in [2.75, 3.05) is 19.6 Å². The number of likely N-dealkylation sites (tertiary alicyclic amines) is 1. The predicted molar refractivity (Wildman–Crippen MR) is 81.6 cm³/mol. The molecule has 116 valence electrons. The van der Waals surface area contributed by atoms with Crippen LogP contribution in [0.5, 0.6) is 0 Å². The summed E-state index contributed by atoms with van der Waals surface area (Å²) in [7, 11) is 0. The quantitative estimate of drug-likeness (QED) is 0.934. The molecule has 1 heterocycles. The summed E-state index contributed by atoms with van der Waals surface area (Å²) in [6.07, 6.45) is -0.146. The van der Waals surface area contributed by atoms with Gasteiger partial charge in [-0.2, -0.15) is 0 Å². The second-order valence-corrected chi connectivity index (χ2v) is 5.81. The van der Waals surface area contributed by atoms with Gasteiger partial charge in [0.1, 0.15) is 11.6 Å². The number of β-amino-alcohol motifs (C(OH)–C–C–N with tert-alkyl or cyclic N) is 1. The van der Waals surface area contributed by atoms with Gasteiger partial charge in [-0.1, -0.05) is 36.4 Å². The molecule has 0 saturated carbocycles. The summed E-state index contributed by atoms with van der Waals surface area (Å²) in [6, 6.07) is 13.9. The number of hydrogen-bond acceptors (Lipinski definition) is 2. The maximum atomic E-state index is 13.7. The molecule has 0 amide bonds. The topological polar surface area (TPSA) is 23.5 Å². The molecule has 3 rings (SSSR count). The van der Waals surface area contributed by atoms with Crippen molar-refractivity contribution >= 4 is 0 Å². The van der Waals surface area contributed by atoms with E-state index in [1.54, 1.807) is 0 Å². The van der Waals surface area contributed by atoms with Crippen molar-refractivity contribution < 1.29 is 13.9 Å². The molecule has 2 aromatic carbocycles. The van der Waals surface area contributed by atoms with Crippen molar-refractivity contribution in [2.45, 2.75) is 18.4 Å². The standard InChI is InChI=1S/C18H19F2NO/c19-15-7-4-8-16(20)18(15)17(22)12-21-10-9-14(11-21)13-5-2-1-3-6-13/h1-8,14,17,22H,9-12H2/t14-,17-/m0/s1. The first-order valence-corrected chi connectivity index (χ1v) is 7.54. The highest BCUT2D eigenvalue weighted by Crippen LogP contribution is 2.29. The van der Waals surface area contributed by atoms with Crippen LogP contribution in [0.1, 0.15) is 29.6 Å². The van der Waals surface area contributed by atoms with Crippen LogP contribution in [0.2, 0.25) is 0 Å². The summed E-state index contributed by atoms with van der Waals surface area (Å²) in [4.78, 5) is 2.06. The van der Waals surface area contributed by atoms with Gasteiger partial charge in [0.2, 0.25) is 0 Å². The monoisotopic (exact) mass is 303 g/mol. The molecule has 1 N–H and O–H groups in total. The van der Waals surface area contributed by atoms with Gasteiger partial charge in [-0.3, -0.25) is 4.90 Å². The van der Waals surface area contributed by atoms with Crippen molar-refractivity contribution in [3.8, 4) is 0 Å². The number of rotatable bonds is 4. The maximum absolute atomic E-state index is 13.7. The van der Waals surface area contributed by atoms with Gasteiger partial charge in [0.15, 0.2) is 0 Å². The zero-order valence-electron chi connectivity index (χ0n) is 12.3. The van der Waals surface area contributed by atoms with Crippen LogP contribution in [0.4, 0.5) is 8.78 Å². The summed E-state index contributed by atoms with van der Waals surface area (Å²) in [6.45, 7) is 1.88. The first-order chi connectivity index (χ1) is 10.6. The molecule has 2 aromatic rings. The number of aliphatic hydroxyl groups excluding tert-OH is 1. The largest absolute Gasteiger partial charge is 0.387 e. The van der Waals surface area contributed by atoms with Gasteiger partial charge in [0.25, 0.3) is 0 Å². The minimum Gasteiger partial charge on any atom is -0.387 e. The lowest BCUT2D eigenvalue weighted by molar-refractivity contribution is 0.118. The zero-order valence-corrected chi connectivity index (χ0v) is 12.3. The molecule has 0 aliphatic carbocycles. The number of nitrogens with zero attached hydrogens (tertiary/aromatic N) is 1. The molecule has 0 radical (unpaired) electrons. The second kappa shape index (κ2) is 6.55. The van der Waals surface area contributed by atoms with E-state index in [2.05, 4.69) is 17.0 Å². The molecule has 22 heavy (non-hydrogen) atoms. The van der Waals surface area contributed by atoms with Crippen LogP contribution < -0.4 is 0 Å². The molecule has 0 unspecified atom stereocenters. The highest BCUT2D eigenvalue weighted by molar-refractivity contribution is 5.23. The van der Waals surface area contributed by atoms with Gasteiger partial charge < -0.3 is 5.11 Å². The van der Waals surface area contributed by atoms with Crippen molar-refractivity contribution in [3.63, 3.8) is 0 Å². The van der Waals surface area contributed by atoms with Gasteiger partial charge in [0.05, 0.1) is 11.7 Å². The van der Waals surface area contributed by atoms with E-state index in [0.717, 1.165) is 19.5 Å². The average molecular weight is 303 g/mol. The van der Waals surface area contributed by atoms with Crippen LogP contribution in [0.15, 0.2) is 48.5 Å². The summed E-state index contributed by atoms with van der Waals surface area (Å²) < 4.78 is 27.4. The minimum atomic E-state index is -1.14. The molecule has 4 heteroatoms. The van der Waals surface area contributed by atoms with Gasteiger partial charge in [-0.25, -0.2) is 8.78 Å². The third kappa shape index (κ3) is 3.18. The van der Waals surface area contributed by atoms with Crippen LogP contribution >= 0.6 is 0 Å². The number of hydrogen-bond donors (Lipinski definition) is 1. The van der Waals surface area contributed by atoms with Crippen molar-refractivity contribution in [1.29, 1.82) is 0 Å². The molecular weight excluding hydrogens is 284 g/mol. The molecule has 2 nitrogen and oxygen atoms in total. The number of benzene rings is 2. The molecule has 1 aliphatic heterocycles. The van der Waals surface area contributed by atoms with Crippen molar-refractivity contribution in [3.05, 3.63) is 71.3 Å². The zero-order chi connectivity index (χ0) is 15.5. The second-order valence-electron chi connectivity index (χ2n) is 5.81. The smallest absolute Gasteiger partial charge is 0.131 e. The average Bonchev–Trinajstić information content (AvgIpc) is 2.96. The molecule has 1 fully saturated rings. The third-order valence-corrected chi connectivity index (χ3v) is 4.31. The summed E-state index contributed by atoms with van der Waals surface area (Å²) in [5.41, 5.74) is 1.04. The molecular formula is C18H19F2NO. The summed E-state index contributed by atoms with van der Waals surface area (Å²) >= 11 is 0. The SMILES string of the molecule is O[C@@H](CN1CC[C@H](c2ccccc2)C1)c1c(F)cccc1F. The van der Waals surface area contributed by atoms with Crippen molar-refractivity contribution in [2.24, 2.45) is 0 Å². The van der Waals surface area contributed by atoms with E-state index < -0.39 is 17.7 Å². The highest BCUT2D eigenvalue weighted by Gasteiger charge is 2.27. The Balaban J connectivity index is 1.65. The van der Waals surface area contributed by atoms with E-state index in [1.165, 1.54) is 23.8 Å². The van der Waals surface area contributed by atoms with Crippen LogP contribution in [-0.4, -0.2) is 29.6 Å². The molecule has 0 spiro atoms. The lowest BCUT2D eigenvalue weighted by Crippen LogP contribution is -2.27. The van der Waals surface area contributed by atoms with Crippen molar-refractivity contribution in [1.82, 2.24) is 4.90 Å². The molecule has 1 saturated heterocycles. The molecule has 2 atom stereocenters. The van der Waals surface area contributed by atoms with Gasteiger partial charge in [0, 0.05) is 13.1 Å². The normalized spacial score (nSPS) is 20.2. The Labute approximate surface area is 129 Å². The van der Waals surface area contributed by atoms with E-state index in [-0.39, 0.29) is 12.1 Å². The van der Waals surface area contributed by atoms with Gasteiger partial charge in [-0.15, -0.1) is 0 Å². The summed E-state index contributed by atoms with van der Waals surface area (Å²) in [5.74, 6) is -0.962. The Morgan fingerprint density at radius 2 is 1.73 bits per heavy atom. The van der Waals surface area contributed by atoms with Crippen LogP contribution in [0.3, 0.4) is 0 Å². The summed E-state index contributed by atoms with van der Waals surface area (Å²) in [5, 5.41) is 10.2. The van der Waals surface area contributed by atoms with E-state index in [0.29, 0.717) is 5.92 Å². The lowest BCUT2D eigenvalue weighted by atomic mass is 9.99. The predicted octanol–water partition coefficient (Wildman–Crippen LogP) is 3.49. The van der Waals surface area contributed by atoms with Gasteiger partial charge >= 0.3 is 0 Å². The molecule has 0 bridgehead atoms. The van der Waals surface area contributed by atoms with E-state index >= 15 is 0 Å². The maximum Gasteiger partial charge on any atom is 0.131 e. The Morgan fingerprint density at radius 1 is 1.05 bits per heavy atom. The fourth-order valence-corrected chi connectivity index (χ4v) is 3.16. The third-order valence-electron chi connectivity index (χ3n) is 4.31. The lowest BCUT2D eigenvalue weighted by Gasteiger charge is -2.21. The van der Waals surface area contributed by atoms with E-state index in [4.69, 9.17) is 0 Å². The van der Waals surface area contributed by atoms with Crippen LogP contribution in [0.25, 0.3) is 0 Å².